The Bertz CT molecular complexity index is 356. The number of hydrogen-bond donors (Lipinski definition) is 3. The predicted molar refractivity (Wildman–Crippen MR) is 68.1 cm³/mol. The van der Waals surface area contributed by atoms with E-state index in [1.807, 2.05) is 0 Å². The summed E-state index contributed by atoms with van der Waals surface area (Å²) in [5, 5.41) is 8.10. The summed E-state index contributed by atoms with van der Waals surface area (Å²) in [6.45, 7) is 7.61. The fourth-order valence-corrected chi connectivity index (χ4v) is 3.17. The van der Waals surface area contributed by atoms with E-state index in [0.717, 1.165) is 19.6 Å². The Labute approximate surface area is 107 Å². The van der Waals surface area contributed by atoms with E-state index in [1.54, 1.807) is 0 Å². The highest BCUT2D eigenvalue weighted by Gasteiger charge is 2.49. The van der Waals surface area contributed by atoms with Crippen LogP contribution in [0.4, 0.5) is 4.79 Å². The first kappa shape index (κ1) is 13.3. The third kappa shape index (κ3) is 2.35. The van der Waals surface area contributed by atoms with Crippen molar-refractivity contribution in [2.45, 2.75) is 19.4 Å². The molecule has 3 N–H and O–H groups in total. The van der Waals surface area contributed by atoms with Crippen LogP contribution in [-0.2, 0) is 4.79 Å². The van der Waals surface area contributed by atoms with Crippen LogP contribution >= 0.6 is 0 Å². The molecule has 0 radical (unpaired) electrons. The summed E-state index contributed by atoms with van der Waals surface area (Å²) >= 11 is 0. The molecule has 0 aromatic carbocycles. The van der Waals surface area contributed by atoms with Crippen molar-refractivity contribution in [2.75, 3.05) is 33.2 Å². The Morgan fingerprint density at radius 1 is 1.39 bits per heavy atom. The van der Waals surface area contributed by atoms with E-state index in [2.05, 4.69) is 34.7 Å². The molecule has 0 saturated carbocycles. The SMILES string of the molecule is CNC(=O)NC(=O)CN1CC2CNCC2C1(C)C. The second-order valence-corrected chi connectivity index (χ2v) is 5.69. The average molecular weight is 254 g/mol. The predicted octanol–water partition coefficient (Wildman–Crippen LogP) is -0.628. The summed E-state index contributed by atoms with van der Waals surface area (Å²) in [6, 6.07) is -0.445. The molecule has 2 saturated heterocycles. The lowest BCUT2D eigenvalue weighted by atomic mass is 9.85. The van der Waals surface area contributed by atoms with Crippen molar-refractivity contribution in [3.63, 3.8) is 0 Å². The Kier molecular flexibility index (Phi) is 3.59. The van der Waals surface area contributed by atoms with Crippen LogP contribution in [0, 0.1) is 11.8 Å². The monoisotopic (exact) mass is 254 g/mol. The lowest BCUT2D eigenvalue weighted by Gasteiger charge is -2.35. The molecule has 0 aromatic rings. The van der Waals surface area contributed by atoms with E-state index in [9.17, 15) is 9.59 Å². The van der Waals surface area contributed by atoms with Crippen molar-refractivity contribution in [3.8, 4) is 0 Å². The Balaban J connectivity index is 1.94. The lowest BCUT2D eigenvalue weighted by molar-refractivity contribution is -0.122. The quantitative estimate of drug-likeness (QED) is 0.613. The number of urea groups is 1. The maximum Gasteiger partial charge on any atom is 0.321 e. The van der Waals surface area contributed by atoms with Crippen molar-refractivity contribution < 1.29 is 9.59 Å². The molecule has 3 amide bonds. The highest BCUT2D eigenvalue weighted by atomic mass is 16.2. The fourth-order valence-electron chi connectivity index (χ4n) is 3.17. The molecule has 2 aliphatic heterocycles. The molecule has 2 atom stereocenters. The summed E-state index contributed by atoms with van der Waals surface area (Å²) < 4.78 is 0. The molecule has 6 heteroatoms. The Morgan fingerprint density at radius 3 is 2.72 bits per heavy atom. The third-order valence-electron chi connectivity index (χ3n) is 4.33. The number of likely N-dealkylation sites (tertiary alicyclic amines) is 1. The van der Waals surface area contributed by atoms with E-state index in [1.165, 1.54) is 7.05 Å². The summed E-state index contributed by atoms with van der Waals surface area (Å²) in [4.78, 5) is 25.0. The molecule has 2 heterocycles. The number of carbonyl (C=O) groups is 2. The smallest absolute Gasteiger partial charge is 0.321 e. The number of nitrogens with zero attached hydrogens (tertiary/aromatic N) is 1. The number of imide groups is 1. The maximum atomic E-state index is 11.7. The van der Waals surface area contributed by atoms with E-state index >= 15 is 0 Å². The first-order chi connectivity index (χ1) is 8.45. The van der Waals surface area contributed by atoms with Crippen LogP contribution in [0.1, 0.15) is 13.8 Å². The average Bonchev–Trinajstić information content (AvgIpc) is 2.83. The zero-order valence-corrected chi connectivity index (χ0v) is 11.2. The van der Waals surface area contributed by atoms with Gasteiger partial charge in [0.15, 0.2) is 0 Å². The van der Waals surface area contributed by atoms with Gasteiger partial charge in [-0.25, -0.2) is 4.79 Å². The molecule has 102 valence electrons. The second kappa shape index (κ2) is 4.85. The van der Waals surface area contributed by atoms with Gasteiger partial charge in [0.25, 0.3) is 0 Å². The van der Waals surface area contributed by atoms with Crippen LogP contribution in [0.2, 0.25) is 0 Å². The van der Waals surface area contributed by atoms with Crippen molar-refractivity contribution >= 4 is 11.9 Å². The van der Waals surface area contributed by atoms with Gasteiger partial charge in [-0.3, -0.25) is 15.0 Å². The van der Waals surface area contributed by atoms with Crippen molar-refractivity contribution in [1.29, 1.82) is 0 Å². The summed E-state index contributed by atoms with van der Waals surface area (Å²) in [5.74, 6) is 0.966. The molecular weight excluding hydrogens is 232 g/mol. The topological polar surface area (TPSA) is 73.5 Å². The lowest BCUT2D eigenvalue weighted by Crippen LogP contribution is -2.50. The van der Waals surface area contributed by atoms with Crippen LogP contribution in [0.25, 0.3) is 0 Å². The summed E-state index contributed by atoms with van der Waals surface area (Å²) in [5.41, 5.74) is 0.00813. The fraction of sp³-hybridized carbons (Fsp3) is 0.833. The molecule has 0 spiro atoms. The van der Waals surface area contributed by atoms with E-state index in [-0.39, 0.29) is 18.0 Å². The van der Waals surface area contributed by atoms with Gasteiger partial charge in [-0.05, 0) is 32.2 Å². The zero-order valence-electron chi connectivity index (χ0n) is 11.2. The van der Waals surface area contributed by atoms with Gasteiger partial charge < -0.3 is 10.6 Å². The highest BCUT2D eigenvalue weighted by molar-refractivity contribution is 5.95. The van der Waals surface area contributed by atoms with Gasteiger partial charge >= 0.3 is 6.03 Å². The van der Waals surface area contributed by atoms with Gasteiger partial charge in [-0.1, -0.05) is 0 Å². The Morgan fingerprint density at radius 2 is 2.11 bits per heavy atom. The molecule has 0 aliphatic carbocycles. The standard InChI is InChI=1S/C12H22N4O2/c1-12(2)9-5-14-4-8(9)6-16(12)7-10(17)15-11(18)13-3/h8-9,14H,4-7H2,1-3H3,(H2,13,15,17,18). The van der Waals surface area contributed by atoms with Crippen LogP contribution in [0.15, 0.2) is 0 Å². The van der Waals surface area contributed by atoms with Gasteiger partial charge in [0, 0.05) is 25.7 Å². The van der Waals surface area contributed by atoms with E-state index in [4.69, 9.17) is 0 Å². The number of rotatable bonds is 2. The first-order valence-electron chi connectivity index (χ1n) is 6.42. The van der Waals surface area contributed by atoms with Gasteiger partial charge in [-0.15, -0.1) is 0 Å². The van der Waals surface area contributed by atoms with Crippen LogP contribution in [-0.4, -0.2) is 55.6 Å². The maximum absolute atomic E-state index is 11.7. The molecule has 2 fully saturated rings. The first-order valence-corrected chi connectivity index (χ1v) is 6.42. The number of fused-ring (bicyclic) bond motifs is 1. The molecule has 2 rings (SSSR count). The summed E-state index contributed by atoms with van der Waals surface area (Å²) in [7, 11) is 1.50. The summed E-state index contributed by atoms with van der Waals surface area (Å²) in [6.07, 6.45) is 0. The second-order valence-electron chi connectivity index (χ2n) is 5.69. The van der Waals surface area contributed by atoms with Crippen LogP contribution in [0.5, 0.6) is 0 Å². The van der Waals surface area contributed by atoms with Gasteiger partial charge in [0.05, 0.1) is 6.54 Å². The normalized spacial score (nSPS) is 29.9. The van der Waals surface area contributed by atoms with Crippen molar-refractivity contribution in [3.05, 3.63) is 0 Å². The van der Waals surface area contributed by atoms with Crippen molar-refractivity contribution in [1.82, 2.24) is 20.9 Å². The zero-order chi connectivity index (χ0) is 13.3. The molecule has 2 unspecified atom stereocenters. The molecule has 18 heavy (non-hydrogen) atoms. The Hall–Kier alpha value is -1.14. The largest absolute Gasteiger partial charge is 0.341 e. The van der Waals surface area contributed by atoms with E-state index < -0.39 is 6.03 Å². The molecule has 2 aliphatic rings. The van der Waals surface area contributed by atoms with Gasteiger partial charge in [0.2, 0.25) is 5.91 Å². The number of carbonyl (C=O) groups excluding carboxylic acids is 2. The minimum Gasteiger partial charge on any atom is -0.341 e. The molecule has 6 nitrogen and oxygen atoms in total. The minimum absolute atomic E-state index is 0.00813. The van der Waals surface area contributed by atoms with Crippen LogP contribution < -0.4 is 16.0 Å². The highest BCUT2D eigenvalue weighted by Crippen LogP contribution is 2.40. The van der Waals surface area contributed by atoms with Gasteiger partial charge in [0.1, 0.15) is 0 Å². The van der Waals surface area contributed by atoms with Gasteiger partial charge in [-0.2, -0.15) is 0 Å². The number of hydrogen-bond acceptors (Lipinski definition) is 4. The molecule has 0 aromatic heterocycles. The minimum atomic E-state index is -0.445. The van der Waals surface area contributed by atoms with Crippen LogP contribution in [0.3, 0.4) is 0 Å². The third-order valence-corrected chi connectivity index (χ3v) is 4.33. The number of amides is 3. The molecule has 0 bridgehead atoms. The number of nitrogens with one attached hydrogen (secondary N) is 3. The van der Waals surface area contributed by atoms with Crippen molar-refractivity contribution in [2.24, 2.45) is 11.8 Å². The van der Waals surface area contributed by atoms with E-state index in [0.29, 0.717) is 11.8 Å². The molecular formula is C12H22N4O2.